The molecule has 0 heterocycles. The van der Waals surface area contributed by atoms with Crippen molar-refractivity contribution in [2.24, 2.45) is 0 Å². The average Bonchev–Trinajstić information content (AvgIpc) is 3.48. The van der Waals surface area contributed by atoms with Crippen LogP contribution >= 0.6 is 21.2 Å². The predicted molar refractivity (Wildman–Crippen MR) is 260 cm³/mol. The molecular formula is C43H87O33PS. The van der Waals surface area contributed by atoms with Crippen molar-refractivity contribution in [3.8, 4) is 0 Å². The fourth-order valence-corrected chi connectivity index (χ4v) is 8.56. The van der Waals surface area contributed by atoms with Gasteiger partial charge in [0, 0.05) is 26.2 Å². The Morgan fingerprint density at radius 3 is 1.31 bits per heavy atom. The van der Waals surface area contributed by atoms with Gasteiger partial charge < -0.3 is 165 Å². The van der Waals surface area contributed by atoms with Crippen molar-refractivity contribution in [2.45, 2.75) is 224 Å². The molecule has 0 aliphatic heterocycles. The van der Waals surface area contributed by atoms with E-state index in [9.17, 15) is 117 Å². The minimum atomic E-state index is -3.01. The van der Waals surface area contributed by atoms with Crippen molar-refractivity contribution < 1.29 is 165 Å². The van der Waals surface area contributed by atoms with Crippen LogP contribution in [-0.4, -0.2) is 338 Å². The van der Waals surface area contributed by atoms with Gasteiger partial charge in [-0.25, -0.2) is 0 Å². The second kappa shape index (κ2) is 39.9. The first-order valence-corrected chi connectivity index (χ1v) is 26.8. The molecule has 1 saturated carbocycles. The van der Waals surface area contributed by atoms with E-state index in [-0.39, 0.29) is 6.61 Å². The predicted octanol–water partition coefficient (Wildman–Crippen LogP) is -11.7. The van der Waals surface area contributed by atoms with E-state index < -0.39 is 240 Å². The Bertz CT molecular complexity index is 1500. The zero-order chi connectivity index (χ0) is 59.6. The maximum Gasteiger partial charge on any atom is 0.330 e. The summed E-state index contributed by atoms with van der Waals surface area (Å²) in [6.07, 6.45) is -58.8. The van der Waals surface area contributed by atoms with Crippen LogP contribution in [0.3, 0.4) is 0 Å². The molecule has 0 bridgehead atoms. The number of unbranched alkanes of at least 4 members (excludes halogenated alkanes) is 3. The van der Waals surface area contributed by atoms with E-state index in [2.05, 4.69) is 12.6 Å². The van der Waals surface area contributed by atoms with Gasteiger partial charge in [-0.15, -0.1) is 0 Å². The van der Waals surface area contributed by atoms with E-state index in [4.69, 9.17) is 48.1 Å². The highest BCUT2D eigenvalue weighted by molar-refractivity contribution is 7.80. The van der Waals surface area contributed by atoms with Crippen molar-refractivity contribution >= 4 is 21.2 Å². The molecule has 27 atom stereocenters. The first-order chi connectivity index (χ1) is 36.6. The molecule has 1 aliphatic carbocycles. The lowest BCUT2D eigenvalue weighted by atomic mass is 10.0. The van der Waals surface area contributed by atoms with Crippen LogP contribution in [-0.2, 0) is 32.7 Å². The number of rotatable bonds is 44. The van der Waals surface area contributed by atoms with Crippen molar-refractivity contribution in [1.82, 2.24) is 0 Å². The Morgan fingerprint density at radius 1 is 0.423 bits per heavy atom. The van der Waals surface area contributed by atoms with E-state index in [1.807, 2.05) is 0 Å². The summed E-state index contributed by atoms with van der Waals surface area (Å²) in [7, 11) is -3.01. The zero-order valence-electron chi connectivity index (χ0n) is 42.4. The summed E-state index contributed by atoms with van der Waals surface area (Å²) in [4.78, 5) is 10.8. The molecule has 27 unspecified atom stereocenters. The molecule has 1 aliphatic rings. The lowest BCUT2D eigenvalue weighted by Gasteiger charge is -2.38. The van der Waals surface area contributed by atoms with Gasteiger partial charge in [-0.05, 0) is 50.7 Å². The minimum Gasteiger partial charge on any atom is -0.396 e. The largest absolute Gasteiger partial charge is 0.396 e. The zero-order valence-corrected chi connectivity index (χ0v) is 44.2. The highest BCUT2D eigenvalue weighted by atomic mass is 32.1. The van der Waals surface area contributed by atoms with Crippen LogP contribution in [0.5, 0.6) is 0 Å². The van der Waals surface area contributed by atoms with Gasteiger partial charge in [-0.3, -0.25) is 0 Å². The molecule has 33 nitrogen and oxygen atoms in total. The molecule has 0 radical (unpaired) electrons. The maximum atomic E-state index is 11.1. The topological polar surface area (TPSA) is 591 Å². The van der Waals surface area contributed by atoms with Gasteiger partial charge in [0.15, 0.2) is 31.5 Å². The van der Waals surface area contributed by atoms with Crippen LogP contribution in [0.2, 0.25) is 0 Å². The van der Waals surface area contributed by atoms with E-state index in [0.29, 0.717) is 18.6 Å². The molecule has 0 amide bonds. The van der Waals surface area contributed by atoms with Crippen LogP contribution in [0.25, 0.3) is 0 Å². The molecule has 35 heteroatoms. The normalized spacial score (nSPS) is 27.7. The van der Waals surface area contributed by atoms with Crippen molar-refractivity contribution in [3.05, 3.63) is 0 Å². The molecule has 1 fully saturated rings. The third-order valence-corrected chi connectivity index (χ3v) is 13.6. The Balaban J connectivity index is 3.06. The number of thiol groups is 1. The Labute approximate surface area is 454 Å². The molecular weight excluding hydrogens is 1110 g/mol. The summed E-state index contributed by atoms with van der Waals surface area (Å²) < 4.78 is 36.7. The van der Waals surface area contributed by atoms with Crippen LogP contribution in [0, 0.1) is 0 Å². The Kier molecular flexibility index (Phi) is 38.6. The number of hydrogen-bond acceptors (Lipinski definition) is 34. The monoisotopic (exact) mass is 1190 g/mol. The van der Waals surface area contributed by atoms with Gasteiger partial charge in [-0.1, -0.05) is 12.8 Å². The van der Waals surface area contributed by atoms with Crippen LogP contribution in [0.15, 0.2) is 0 Å². The van der Waals surface area contributed by atoms with Gasteiger partial charge in [0.25, 0.3) is 0 Å². The number of aliphatic hydroxyl groups is 25. The highest BCUT2D eigenvalue weighted by Crippen LogP contribution is 2.41. The molecule has 26 N–H and O–H groups in total. The Morgan fingerprint density at radius 2 is 0.833 bits per heavy atom. The van der Waals surface area contributed by atoms with Gasteiger partial charge in [0.05, 0.1) is 62.5 Å². The van der Waals surface area contributed by atoms with Crippen LogP contribution in [0.1, 0.15) is 64.2 Å². The SMILES string of the molecule is OCCC(O)C(O)C(O)C(O)OC(C(O)OCCC(O)C(O)C(O)C(O)OCCC(O)C(O)C(O)C(O)OC1CC(O)C(O)C(O)C(OC(O)C(O)C(O)C(O)CCO)C1OP(O)OCCCCCCS)C(O)C(O)CCO. The second-order valence-electron chi connectivity index (χ2n) is 18.5. The number of hydrogen-bond donors (Lipinski definition) is 27. The third kappa shape index (κ3) is 25.4. The van der Waals surface area contributed by atoms with E-state index >= 15 is 0 Å². The molecule has 1 rings (SSSR count). The average molecular weight is 1200 g/mol. The minimum absolute atomic E-state index is 0.108. The summed E-state index contributed by atoms with van der Waals surface area (Å²) in [5.74, 6) is 0.620. The Hall–Kier alpha value is -0.540. The van der Waals surface area contributed by atoms with E-state index in [1.165, 1.54) is 0 Å². The summed E-state index contributed by atoms with van der Waals surface area (Å²) in [5, 5.41) is 258. The van der Waals surface area contributed by atoms with Crippen LogP contribution in [0.4, 0.5) is 0 Å². The van der Waals surface area contributed by atoms with Crippen molar-refractivity contribution in [1.29, 1.82) is 0 Å². The third-order valence-electron chi connectivity index (χ3n) is 12.5. The lowest BCUT2D eigenvalue weighted by molar-refractivity contribution is -0.289. The first-order valence-electron chi connectivity index (χ1n) is 25.0. The summed E-state index contributed by atoms with van der Waals surface area (Å²) in [5.41, 5.74) is 0. The fraction of sp³-hybridized carbons (Fsp3) is 1.00. The van der Waals surface area contributed by atoms with E-state index in [0.717, 1.165) is 12.8 Å². The molecule has 468 valence electrons. The van der Waals surface area contributed by atoms with Gasteiger partial charge >= 0.3 is 8.60 Å². The lowest BCUT2D eigenvalue weighted by Crippen LogP contribution is -2.55. The van der Waals surface area contributed by atoms with Crippen molar-refractivity contribution in [3.63, 3.8) is 0 Å². The second-order valence-corrected chi connectivity index (χ2v) is 19.9. The van der Waals surface area contributed by atoms with Gasteiger partial charge in [0.1, 0.15) is 85.5 Å². The van der Waals surface area contributed by atoms with Gasteiger partial charge in [-0.2, -0.15) is 12.6 Å². The molecule has 0 aromatic rings. The quantitative estimate of drug-likeness (QED) is 0.00885. The van der Waals surface area contributed by atoms with E-state index in [1.54, 1.807) is 0 Å². The molecule has 0 aromatic heterocycles. The first kappa shape index (κ1) is 75.5. The van der Waals surface area contributed by atoms with Crippen LogP contribution < -0.4 is 0 Å². The van der Waals surface area contributed by atoms with Crippen molar-refractivity contribution in [2.75, 3.05) is 45.4 Å². The molecule has 0 spiro atoms. The molecule has 0 aromatic carbocycles. The molecule has 78 heavy (non-hydrogen) atoms. The number of ether oxygens (including phenoxy) is 5. The maximum absolute atomic E-state index is 11.1. The fourth-order valence-electron chi connectivity index (χ4n) is 7.53. The summed E-state index contributed by atoms with van der Waals surface area (Å²) in [6, 6.07) is 0. The van der Waals surface area contributed by atoms with Gasteiger partial charge in [0.2, 0.25) is 0 Å². The molecule has 0 saturated heterocycles. The smallest absolute Gasteiger partial charge is 0.330 e. The number of aliphatic hydroxyl groups excluding tert-OH is 25. The summed E-state index contributed by atoms with van der Waals surface area (Å²) in [6.45, 7) is -3.70. The summed E-state index contributed by atoms with van der Waals surface area (Å²) >= 11 is 4.13. The standard InChI is InChI=1S/C43H87O33PS/c44-10-5-18(47)25(53)34(62)41(66)74-37-31(59)29(57)23(52)17-24(36(37)76-77(69)72-13-3-1-2-4-16-78)73-40(65)33(61)28(56)22(51)8-14-70-39(64)32(60)27(55)21(50)9-15-71-43(68)38(30(58)20(49)7-12-46)75-42(67)35(63)26(54)19(48)6-11-45/h18-69,78H,1-17H2. The highest BCUT2D eigenvalue weighted by Gasteiger charge is 2.51.